The van der Waals surface area contributed by atoms with Gasteiger partial charge >= 0.3 is 0 Å². The summed E-state index contributed by atoms with van der Waals surface area (Å²) in [7, 11) is 1.42. The Morgan fingerprint density at radius 1 is 1.28 bits per heavy atom. The molecule has 0 spiro atoms. The molecule has 164 valence electrons. The lowest BCUT2D eigenvalue weighted by Gasteiger charge is -2.43. The molecule has 7 nitrogen and oxygen atoms in total. The van der Waals surface area contributed by atoms with Gasteiger partial charge in [0.15, 0.2) is 5.76 Å². The van der Waals surface area contributed by atoms with Gasteiger partial charge in [-0.05, 0) is 52.1 Å². The topological polar surface area (TPSA) is 71.5 Å². The SMILES string of the molecule is C=C1C2=C(C(=O)N1OC)[C@@H](OCCCN1CCCC1)[C@@](C)(O)[C@H](CCCCC)O2. The summed E-state index contributed by atoms with van der Waals surface area (Å²) in [4.78, 5) is 20.5. The number of rotatable bonds is 10. The third-order valence-corrected chi connectivity index (χ3v) is 6.23. The first-order valence-electron chi connectivity index (χ1n) is 11.0. The fraction of sp³-hybridized carbons (Fsp3) is 0.773. The molecule has 0 radical (unpaired) electrons. The Morgan fingerprint density at radius 2 is 2.00 bits per heavy atom. The normalized spacial score (nSPS) is 30.3. The summed E-state index contributed by atoms with van der Waals surface area (Å²) in [6.45, 7) is 11.5. The van der Waals surface area contributed by atoms with E-state index in [2.05, 4.69) is 18.4 Å². The highest BCUT2D eigenvalue weighted by Crippen LogP contribution is 2.44. The first kappa shape index (κ1) is 22.3. The maximum Gasteiger partial charge on any atom is 0.284 e. The van der Waals surface area contributed by atoms with Crippen molar-refractivity contribution in [1.29, 1.82) is 0 Å². The minimum atomic E-state index is -1.31. The van der Waals surface area contributed by atoms with Crippen LogP contribution in [0.3, 0.4) is 0 Å². The van der Waals surface area contributed by atoms with Gasteiger partial charge < -0.3 is 19.5 Å². The molecule has 0 aromatic rings. The van der Waals surface area contributed by atoms with E-state index in [-0.39, 0.29) is 5.91 Å². The highest BCUT2D eigenvalue weighted by Gasteiger charge is 2.55. The number of hydrogen-bond donors (Lipinski definition) is 1. The van der Waals surface area contributed by atoms with Crippen LogP contribution in [0, 0.1) is 0 Å². The summed E-state index contributed by atoms with van der Waals surface area (Å²) >= 11 is 0. The van der Waals surface area contributed by atoms with E-state index in [0.717, 1.165) is 50.4 Å². The second kappa shape index (κ2) is 9.60. The molecule has 1 saturated heterocycles. The van der Waals surface area contributed by atoms with E-state index in [9.17, 15) is 9.90 Å². The quantitative estimate of drug-likeness (QED) is 0.561. The number of carbonyl (C=O) groups is 1. The smallest absolute Gasteiger partial charge is 0.284 e. The molecule has 0 aromatic carbocycles. The van der Waals surface area contributed by atoms with Crippen LogP contribution >= 0.6 is 0 Å². The van der Waals surface area contributed by atoms with Crippen molar-refractivity contribution < 1.29 is 24.2 Å². The van der Waals surface area contributed by atoms with Crippen LogP contribution < -0.4 is 0 Å². The molecule has 0 saturated carbocycles. The first-order valence-corrected chi connectivity index (χ1v) is 11.0. The van der Waals surface area contributed by atoms with Gasteiger partial charge in [-0.2, -0.15) is 5.06 Å². The molecule has 3 aliphatic rings. The second-order valence-corrected chi connectivity index (χ2v) is 8.45. The van der Waals surface area contributed by atoms with E-state index < -0.39 is 17.8 Å². The Balaban J connectivity index is 1.74. The lowest BCUT2D eigenvalue weighted by atomic mass is 9.82. The van der Waals surface area contributed by atoms with Crippen LogP contribution in [-0.4, -0.2) is 72.1 Å². The maximum absolute atomic E-state index is 12.9. The van der Waals surface area contributed by atoms with Crippen LogP contribution in [0.5, 0.6) is 0 Å². The van der Waals surface area contributed by atoms with Crippen LogP contribution in [0.4, 0.5) is 0 Å². The van der Waals surface area contributed by atoms with Crippen LogP contribution in [0.25, 0.3) is 0 Å². The first-order chi connectivity index (χ1) is 13.9. The van der Waals surface area contributed by atoms with Crippen molar-refractivity contribution in [3.05, 3.63) is 23.6 Å². The molecule has 1 amide bonds. The zero-order chi connectivity index (χ0) is 21.0. The summed E-state index contributed by atoms with van der Waals surface area (Å²) in [6, 6.07) is 0. The van der Waals surface area contributed by atoms with E-state index in [0.29, 0.717) is 30.1 Å². The van der Waals surface area contributed by atoms with Gasteiger partial charge in [0.05, 0.1) is 12.7 Å². The number of amides is 1. The molecule has 3 rings (SSSR count). The Hall–Kier alpha value is -1.41. The number of likely N-dealkylation sites (tertiary alicyclic amines) is 1. The third kappa shape index (κ3) is 4.53. The van der Waals surface area contributed by atoms with Gasteiger partial charge in [0.25, 0.3) is 5.91 Å². The van der Waals surface area contributed by atoms with Crippen LogP contribution in [0.1, 0.15) is 58.8 Å². The summed E-state index contributed by atoms with van der Waals surface area (Å²) < 4.78 is 12.3. The molecule has 1 N–H and O–H groups in total. The molecule has 3 heterocycles. The zero-order valence-electron chi connectivity index (χ0n) is 18.1. The van der Waals surface area contributed by atoms with Crippen molar-refractivity contribution in [1.82, 2.24) is 9.96 Å². The molecule has 3 atom stereocenters. The largest absolute Gasteiger partial charge is 0.484 e. The lowest BCUT2D eigenvalue weighted by molar-refractivity contribution is -0.171. The zero-order valence-corrected chi connectivity index (χ0v) is 18.1. The van der Waals surface area contributed by atoms with Crippen molar-refractivity contribution >= 4 is 5.91 Å². The number of aliphatic hydroxyl groups is 1. The van der Waals surface area contributed by atoms with Crippen molar-refractivity contribution in [3.8, 4) is 0 Å². The van der Waals surface area contributed by atoms with Crippen LogP contribution in [-0.2, 0) is 19.1 Å². The number of unbranched alkanes of at least 4 members (excludes halogenated alkanes) is 2. The summed E-state index contributed by atoms with van der Waals surface area (Å²) in [5.74, 6) is 0.0266. The van der Waals surface area contributed by atoms with Gasteiger partial charge in [-0.1, -0.05) is 26.3 Å². The van der Waals surface area contributed by atoms with Gasteiger partial charge in [0.2, 0.25) is 0 Å². The van der Waals surface area contributed by atoms with Crippen molar-refractivity contribution in [2.45, 2.75) is 76.6 Å². The Morgan fingerprint density at radius 3 is 2.66 bits per heavy atom. The molecule has 29 heavy (non-hydrogen) atoms. The van der Waals surface area contributed by atoms with Gasteiger partial charge in [-0.3, -0.25) is 9.63 Å². The predicted molar refractivity (Wildman–Crippen MR) is 110 cm³/mol. The minimum absolute atomic E-state index is 0.315. The van der Waals surface area contributed by atoms with Gasteiger partial charge in [0.1, 0.15) is 23.5 Å². The van der Waals surface area contributed by atoms with E-state index in [4.69, 9.17) is 14.3 Å². The molecule has 3 aliphatic heterocycles. The van der Waals surface area contributed by atoms with E-state index in [1.165, 1.54) is 20.0 Å². The Labute approximate surface area is 174 Å². The van der Waals surface area contributed by atoms with E-state index in [1.807, 2.05) is 0 Å². The standard InChI is InChI=1S/C22H36N2O5/c1-5-6-7-11-17-22(3,26)20(28-15-10-14-23-12-8-9-13-23)18-19(29-17)16(2)24(27-4)21(18)25/h17,20,26H,2,5-15H2,1,3-4H3/t17-,20+,22-/m0/s1. The lowest BCUT2D eigenvalue weighted by Crippen LogP contribution is -2.56. The van der Waals surface area contributed by atoms with E-state index in [1.54, 1.807) is 6.92 Å². The Kier molecular flexibility index (Phi) is 7.37. The number of hydroxylamine groups is 2. The minimum Gasteiger partial charge on any atom is -0.484 e. The van der Waals surface area contributed by atoms with Gasteiger partial charge in [-0.15, -0.1) is 0 Å². The van der Waals surface area contributed by atoms with Crippen LogP contribution in [0.15, 0.2) is 23.6 Å². The van der Waals surface area contributed by atoms with Crippen molar-refractivity contribution in [2.24, 2.45) is 0 Å². The second-order valence-electron chi connectivity index (χ2n) is 8.45. The average Bonchev–Trinajstić information content (AvgIpc) is 3.28. The predicted octanol–water partition coefficient (Wildman–Crippen LogP) is 2.76. The monoisotopic (exact) mass is 408 g/mol. The summed E-state index contributed by atoms with van der Waals surface area (Å²) in [5.41, 5.74) is -0.621. The average molecular weight is 409 g/mol. The number of hydrogen-bond acceptors (Lipinski definition) is 6. The van der Waals surface area contributed by atoms with Crippen LogP contribution in [0.2, 0.25) is 0 Å². The molecule has 0 unspecified atom stereocenters. The molecule has 0 aliphatic carbocycles. The molecule has 1 fully saturated rings. The van der Waals surface area contributed by atoms with Crippen molar-refractivity contribution in [2.75, 3.05) is 33.4 Å². The maximum atomic E-state index is 12.9. The molecular weight excluding hydrogens is 372 g/mol. The van der Waals surface area contributed by atoms with E-state index >= 15 is 0 Å². The highest BCUT2D eigenvalue weighted by molar-refractivity contribution is 6.00. The number of carbonyl (C=O) groups excluding carboxylic acids is 1. The molecule has 0 bridgehead atoms. The molecular formula is C22H36N2O5. The van der Waals surface area contributed by atoms with Gasteiger partial charge in [0, 0.05) is 13.2 Å². The third-order valence-electron chi connectivity index (χ3n) is 6.23. The number of ether oxygens (including phenoxy) is 2. The molecule has 0 aromatic heterocycles. The highest BCUT2D eigenvalue weighted by atomic mass is 16.7. The summed E-state index contributed by atoms with van der Waals surface area (Å²) in [6.07, 6.45) is 5.94. The fourth-order valence-corrected chi connectivity index (χ4v) is 4.53. The van der Waals surface area contributed by atoms with Crippen molar-refractivity contribution in [3.63, 3.8) is 0 Å². The summed E-state index contributed by atoms with van der Waals surface area (Å²) in [5, 5.41) is 12.5. The fourth-order valence-electron chi connectivity index (χ4n) is 4.53. The van der Waals surface area contributed by atoms with Gasteiger partial charge in [-0.25, -0.2) is 0 Å². The number of nitrogens with zero attached hydrogens (tertiary/aromatic N) is 2. The Bertz CT molecular complexity index is 639. The molecule has 7 heteroatoms.